The van der Waals surface area contributed by atoms with Crippen molar-refractivity contribution in [2.24, 2.45) is 11.7 Å². The fourth-order valence-corrected chi connectivity index (χ4v) is 1.15. The molecule has 15 heavy (non-hydrogen) atoms. The molecular weight excluding hydrogens is 190 g/mol. The Kier molecular flexibility index (Phi) is 4.49. The topological polar surface area (TPSA) is 61.0 Å². The molecule has 0 bridgehead atoms. The molecule has 1 aromatic heterocycles. The van der Waals surface area contributed by atoms with Crippen LogP contribution in [0.2, 0.25) is 0 Å². The molecule has 0 radical (unpaired) electrons. The van der Waals surface area contributed by atoms with Gasteiger partial charge in [0.05, 0.1) is 6.61 Å². The average Bonchev–Trinajstić information content (AvgIpc) is 2.14. The van der Waals surface area contributed by atoms with Gasteiger partial charge in [-0.1, -0.05) is 13.8 Å². The van der Waals surface area contributed by atoms with Gasteiger partial charge in [-0.05, 0) is 12.8 Å². The highest BCUT2D eigenvalue weighted by Gasteiger charge is 2.03. The number of nitrogens with two attached hydrogens (primary N) is 1. The summed E-state index contributed by atoms with van der Waals surface area (Å²) in [5.74, 6) is 1.13. The van der Waals surface area contributed by atoms with Crippen LogP contribution in [0.25, 0.3) is 0 Å². The molecule has 0 aliphatic carbocycles. The van der Waals surface area contributed by atoms with Gasteiger partial charge in [-0.3, -0.25) is 0 Å². The number of aromatic nitrogens is 2. The predicted molar refractivity (Wildman–Crippen MR) is 59.7 cm³/mol. The molecule has 4 heteroatoms. The van der Waals surface area contributed by atoms with Crippen LogP contribution in [0, 0.1) is 5.92 Å². The van der Waals surface area contributed by atoms with E-state index >= 15 is 0 Å². The molecule has 0 aromatic carbocycles. The van der Waals surface area contributed by atoms with Gasteiger partial charge in [0.25, 0.3) is 0 Å². The molecule has 84 valence electrons. The van der Waals surface area contributed by atoms with Gasteiger partial charge in [-0.25, -0.2) is 9.97 Å². The molecule has 0 fully saturated rings. The first-order valence-corrected chi connectivity index (χ1v) is 5.27. The Hall–Kier alpha value is -1.16. The molecule has 0 aliphatic rings. The highest BCUT2D eigenvalue weighted by molar-refractivity contribution is 5.14. The molecule has 0 saturated heterocycles. The van der Waals surface area contributed by atoms with E-state index in [1.807, 2.05) is 13.0 Å². The molecule has 1 atom stereocenters. The molecule has 0 spiro atoms. The van der Waals surface area contributed by atoms with Gasteiger partial charge >= 0.3 is 0 Å². The third-order valence-corrected chi connectivity index (χ3v) is 1.79. The van der Waals surface area contributed by atoms with Crippen molar-refractivity contribution in [3.05, 3.63) is 18.1 Å². The molecular formula is C11H19N3O. The summed E-state index contributed by atoms with van der Waals surface area (Å²) < 4.78 is 5.50. The van der Waals surface area contributed by atoms with Gasteiger partial charge in [0.15, 0.2) is 0 Å². The van der Waals surface area contributed by atoms with E-state index in [0.717, 1.165) is 12.1 Å². The van der Waals surface area contributed by atoms with Crippen LogP contribution in [0.4, 0.5) is 0 Å². The highest BCUT2D eigenvalue weighted by Crippen LogP contribution is 2.09. The Bertz CT molecular complexity index is 300. The minimum absolute atomic E-state index is 0.109. The zero-order valence-electron chi connectivity index (χ0n) is 9.60. The Labute approximate surface area is 90.9 Å². The normalized spacial score (nSPS) is 12.9. The van der Waals surface area contributed by atoms with Crippen molar-refractivity contribution in [2.45, 2.75) is 33.2 Å². The van der Waals surface area contributed by atoms with Crippen LogP contribution in [-0.2, 0) is 6.42 Å². The van der Waals surface area contributed by atoms with Crippen LogP contribution in [0.1, 0.15) is 26.5 Å². The van der Waals surface area contributed by atoms with E-state index in [-0.39, 0.29) is 6.04 Å². The molecule has 0 saturated carbocycles. The maximum atomic E-state index is 5.70. The molecule has 4 nitrogen and oxygen atoms in total. The maximum absolute atomic E-state index is 5.70. The largest absolute Gasteiger partial charge is 0.477 e. The zero-order valence-corrected chi connectivity index (χ0v) is 9.60. The van der Waals surface area contributed by atoms with E-state index in [1.165, 1.54) is 6.33 Å². The molecule has 0 aliphatic heterocycles. The Morgan fingerprint density at radius 3 is 2.67 bits per heavy atom. The van der Waals surface area contributed by atoms with Crippen molar-refractivity contribution >= 4 is 0 Å². The third kappa shape index (κ3) is 4.74. The summed E-state index contributed by atoms with van der Waals surface area (Å²) in [6.45, 7) is 6.83. The van der Waals surface area contributed by atoms with Crippen molar-refractivity contribution in [1.82, 2.24) is 9.97 Å². The standard InChI is InChI=1S/C11H19N3O/c1-8(2)6-15-11-5-10(4-9(3)12)13-7-14-11/h5,7-9H,4,6,12H2,1-3H3. The monoisotopic (exact) mass is 209 g/mol. The number of hydrogen-bond acceptors (Lipinski definition) is 4. The van der Waals surface area contributed by atoms with E-state index in [2.05, 4.69) is 23.8 Å². The second kappa shape index (κ2) is 5.66. The van der Waals surface area contributed by atoms with Gasteiger partial charge in [0.2, 0.25) is 5.88 Å². The summed E-state index contributed by atoms with van der Waals surface area (Å²) in [5, 5.41) is 0. The van der Waals surface area contributed by atoms with Gasteiger partial charge in [-0.2, -0.15) is 0 Å². The average molecular weight is 209 g/mol. The number of ether oxygens (including phenoxy) is 1. The van der Waals surface area contributed by atoms with Crippen molar-refractivity contribution in [2.75, 3.05) is 6.61 Å². The summed E-state index contributed by atoms with van der Waals surface area (Å²) >= 11 is 0. The Morgan fingerprint density at radius 2 is 2.07 bits per heavy atom. The van der Waals surface area contributed by atoms with Gasteiger partial charge in [-0.15, -0.1) is 0 Å². The summed E-state index contributed by atoms with van der Waals surface area (Å²) in [6, 6.07) is 1.96. The summed E-state index contributed by atoms with van der Waals surface area (Å²) in [7, 11) is 0. The molecule has 1 aromatic rings. The van der Waals surface area contributed by atoms with Gasteiger partial charge in [0.1, 0.15) is 6.33 Å². The Balaban J connectivity index is 2.57. The maximum Gasteiger partial charge on any atom is 0.216 e. The van der Waals surface area contributed by atoms with Crippen LogP contribution < -0.4 is 10.5 Å². The lowest BCUT2D eigenvalue weighted by Gasteiger charge is -2.09. The lowest BCUT2D eigenvalue weighted by molar-refractivity contribution is 0.260. The minimum Gasteiger partial charge on any atom is -0.477 e. The number of hydrogen-bond donors (Lipinski definition) is 1. The van der Waals surface area contributed by atoms with Crippen molar-refractivity contribution in [1.29, 1.82) is 0 Å². The summed E-state index contributed by atoms with van der Waals surface area (Å²) in [4.78, 5) is 8.18. The van der Waals surface area contributed by atoms with Crippen molar-refractivity contribution in [3.63, 3.8) is 0 Å². The summed E-state index contributed by atoms with van der Waals surface area (Å²) in [6.07, 6.45) is 2.27. The van der Waals surface area contributed by atoms with E-state index in [1.54, 1.807) is 0 Å². The highest BCUT2D eigenvalue weighted by atomic mass is 16.5. The molecule has 2 N–H and O–H groups in total. The molecule has 0 amide bonds. The first-order chi connectivity index (χ1) is 7.08. The van der Waals surface area contributed by atoms with Gasteiger partial charge < -0.3 is 10.5 Å². The first kappa shape index (κ1) is 11.9. The third-order valence-electron chi connectivity index (χ3n) is 1.79. The smallest absolute Gasteiger partial charge is 0.216 e. The summed E-state index contributed by atoms with van der Waals surface area (Å²) in [5.41, 5.74) is 6.62. The lowest BCUT2D eigenvalue weighted by Crippen LogP contribution is -2.18. The second-order valence-electron chi connectivity index (χ2n) is 4.23. The van der Waals surface area contributed by atoms with Crippen LogP contribution in [0.15, 0.2) is 12.4 Å². The number of rotatable bonds is 5. The SMILES string of the molecule is CC(C)COc1cc(CC(C)N)ncn1. The number of nitrogens with zero attached hydrogens (tertiary/aromatic N) is 2. The van der Waals surface area contributed by atoms with Crippen molar-refractivity contribution < 1.29 is 4.74 Å². The Morgan fingerprint density at radius 1 is 1.33 bits per heavy atom. The van der Waals surface area contributed by atoms with E-state index in [9.17, 15) is 0 Å². The van der Waals surface area contributed by atoms with E-state index in [4.69, 9.17) is 10.5 Å². The zero-order chi connectivity index (χ0) is 11.3. The van der Waals surface area contributed by atoms with E-state index in [0.29, 0.717) is 18.4 Å². The predicted octanol–water partition coefficient (Wildman–Crippen LogP) is 1.40. The quantitative estimate of drug-likeness (QED) is 0.796. The van der Waals surface area contributed by atoms with Gasteiger partial charge in [0, 0.05) is 24.2 Å². The van der Waals surface area contributed by atoms with Crippen molar-refractivity contribution in [3.8, 4) is 5.88 Å². The van der Waals surface area contributed by atoms with Crippen LogP contribution in [0.5, 0.6) is 5.88 Å². The minimum atomic E-state index is 0.109. The fraction of sp³-hybridized carbons (Fsp3) is 0.636. The molecule has 1 rings (SSSR count). The fourth-order valence-electron chi connectivity index (χ4n) is 1.15. The molecule has 1 unspecified atom stereocenters. The van der Waals surface area contributed by atoms with Crippen LogP contribution in [-0.4, -0.2) is 22.6 Å². The van der Waals surface area contributed by atoms with Crippen LogP contribution >= 0.6 is 0 Å². The first-order valence-electron chi connectivity index (χ1n) is 5.27. The second-order valence-corrected chi connectivity index (χ2v) is 4.23. The van der Waals surface area contributed by atoms with Crippen LogP contribution in [0.3, 0.4) is 0 Å². The lowest BCUT2D eigenvalue weighted by atomic mass is 10.2. The molecule has 1 heterocycles. The van der Waals surface area contributed by atoms with E-state index < -0.39 is 0 Å².